The molecule has 0 spiro atoms. The zero-order valence-electron chi connectivity index (χ0n) is 15.9. The van der Waals surface area contributed by atoms with Crippen molar-refractivity contribution in [3.63, 3.8) is 0 Å². The maximum atomic E-state index is 12.7. The number of aromatic nitrogens is 1. The second-order valence-electron chi connectivity index (χ2n) is 7.16. The molecule has 1 amide bonds. The van der Waals surface area contributed by atoms with Crippen LogP contribution in [0.3, 0.4) is 0 Å². The standard InChI is InChI=1S/C18H27N3O5/c1-10(2)20-6-12(16(22)13(7-20)18(24)25)17(23)19-14-8-21(11(3)4)9-15(14)26-5/h6-7,10-11,14-15H,8-9H2,1-5H3,(H,19,23)(H,24,25)/t14-,15-/m1/s1. The Hall–Kier alpha value is -2.19. The van der Waals surface area contributed by atoms with Gasteiger partial charge < -0.3 is 19.7 Å². The second kappa shape index (κ2) is 8.01. The monoisotopic (exact) mass is 365 g/mol. The van der Waals surface area contributed by atoms with E-state index >= 15 is 0 Å². The Balaban J connectivity index is 2.32. The van der Waals surface area contributed by atoms with Crippen molar-refractivity contribution in [3.05, 3.63) is 33.7 Å². The number of carboxylic acids is 1. The normalized spacial score (nSPS) is 20.7. The van der Waals surface area contributed by atoms with E-state index in [1.54, 1.807) is 11.7 Å². The number of carbonyl (C=O) groups excluding carboxylic acids is 1. The third-order valence-electron chi connectivity index (χ3n) is 4.76. The number of methoxy groups -OCH3 is 1. The summed E-state index contributed by atoms with van der Waals surface area (Å²) in [5.74, 6) is -1.93. The van der Waals surface area contributed by atoms with Gasteiger partial charge in [0.25, 0.3) is 5.91 Å². The molecule has 1 fully saturated rings. The molecular formula is C18H27N3O5. The molecule has 8 heteroatoms. The van der Waals surface area contributed by atoms with E-state index in [4.69, 9.17) is 4.74 Å². The molecule has 1 aliphatic heterocycles. The quantitative estimate of drug-likeness (QED) is 0.779. The molecule has 144 valence electrons. The number of pyridine rings is 1. The highest BCUT2D eigenvalue weighted by atomic mass is 16.5. The summed E-state index contributed by atoms with van der Waals surface area (Å²) < 4.78 is 7.02. The number of amides is 1. The first-order valence-electron chi connectivity index (χ1n) is 8.72. The molecule has 0 bridgehead atoms. The molecule has 26 heavy (non-hydrogen) atoms. The van der Waals surface area contributed by atoms with Crippen LogP contribution in [-0.2, 0) is 4.74 Å². The van der Waals surface area contributed by atoms with Crippen LogP contribution in [0.4, 0.5) is 0 Å². The molecule has 0 radical (unpaired) electrons. The Morgan fingerprint density at radius 3 is 2.27 bits per heavy atom. The highest BCUT2D eigenvalue weighted by Crippen LogP contribution is 2.16. The van der Waals surface area contributed by atoms with E-state index in [0.29, 0.717) is 19.1 Å². The maximum absolute atomic E-state index is 12.7. The molecular weight excluding hydrogens is 338 g/mol. The zero-order valence-corrected chi connectivity index (χ0v) is 15.9. The van der Waals surface area contributed by atoms with Crippen molar-refractivity contribution in [2.45, 2.75) is 51.9 Å². The summed E-state index contributed by atoms with van der Waals surface area (Å²) in [5.41, 5.74) is -1.36. The number of carbonyl (C=O) groups is 2. The molecule has 0 aromatic carbocycles. The van der Waals surface area contributed by atoms with Crippen LogP contribution in [0.5, 0.6) is 0 Å². The van der Waals surface area contributed by atoms with E-state index in [2.05, 4.69) is 24.1 Å². The Labute approximate surface area is 152 Å². The highest BCUT2D eigenvalue weighted by Gasteiger charge is 2.35. The Morgan fingerprint density at radius 1 is 1.15 bits per heavy atom. The molecule has 2 atom stereocenters. The van der Waals surface area contributed by atoms with Crippen molar-refractivity contribution in [3.8, 4) is 0 Å². The third-order valence-corrected chi connectivity index (χ3v) is 4.76. The van der Waals surface area contributed by atoms with Gasteiger partial charge in [0.2, 0.25) is 5.43 Å². The summed E-state index contributed by atoms with van der Waals surface area (Å²) in [4.78, 5) is 38.7. The van der Waals surface area contributed by atoms with Crippen LogP contribution in [0, 0.1) is 0 Å². The summed E-state index contributed by atoms with van der Waals surface area (Å²) in [7, 11) is 1.59. The van der Waals surface area contributed by atoms with Crippen molar-refractivity contribution in [1.82, 2.24) is 14.8 Å². The van der Waals surface area contributed by atoms with Gasteiger partial charge in [-0.1, -0.05) is 0 Å². The summed E-state index contributed by atoms with van der Waals surface area (Å²) in [6.07, 6.45) is 2.49. The van der Waals surface area contributed by atoms with Gasteiger partial charge in [0.1, 0.15) is 11.1 Å². The lowest BCUT2D eigenvalue weighted by atomic mass is 10.1. The molecule has 0 aliphatic carbocycles. The van der Waals surface area contributed by atoms with Crippen LogP contribution in [0.1, 0.15) is 54.5 Å². The summed E-state index contributed by atoms with van der Waals surface area (Å²) >= 11 is 0. The molecule has 2 rings (SSSR count). The predicted molar refractivity (Wildman–Crippen MR) is 96.8 cm³/mol. The summed E-state index contributed by atoms with van der Waals surface area (Å²) in [6.45, 7) is 9.11. The van der Waals surface area contributed by atoms with Gasteiger partial charge in [0.05, 0.1) is 12.1 Å². The minimum atomic E-state index is -1.35. The van der Waals surface area contributed by atoms with E-state index in [1.807, 2.05) is 13.8 Å². The number of ether oxygens (including phenoxy) is 1. The highest BCUT2D eigenvalue weighted by molar-refractivity contribution is 5.97. The van der Waals surface area contributed by atoms with Gasteiger partial charge in [-0.15, -0.1) is 0 Å². The lowest BCUT2D eigenvalue weighted by molar-refractivity contribution is 0.0694. The summed E-state index contributed by atoms with van der Waals surface area (Å²) in [5, 5.41) is 12.1. The van der Waals surface area contributed by atoms with Gasteiger partial charge in [-0.2, -0.15) is 0 Å². The van der Waals surface area contributed by atoms with Gasteiger partial charge in [-0.25, -0.2) is 4.79 Å². The minimum absolute atomic E-state index is 0.0881. The van der Waals surface area contributed by atoms with Crippen molar-refractivity contribution >= 4 is 11.9 Å². The Morgan fingerprint density at radius 2 is 1.77 bits per heavy atom. The number of nitrogens with one attached hydrogen (secondary N) is 1. The molecule has 1 aliphatic rings. The van der Waals surface area contributed by atoms with Crippen molar-refractivity contribution in [2.24, 2.45) is 0 Å². The average molecular weight is 365 g/mol. The minimum Gasteiger partial charge on any atom is -0.477 e. The van der Waals surface area contributed by atoms with Gasteiger partial charge in [-0.05, 0) is 27.7 Å². The fourth-order valence-corrected chi connectivity index (χ4v) is 3.06. The van der Waals surface area contributed by atoms with Crippen LogP contribution < -0.4 is 10.7 Å². The number of carboxylic acid groups (broad SMARTS) is 1. The number of aromatic carboxylic acids is 1. The van der Waals surface area contributed by atoms with Crippen molar-refractivity contribution in [2.75, 3.05) is 20.2 Å². The van der Waals surface area contributed by atoms with Crippen LogP contribution >= 0.6 is 0 Å². The fraction of sp³-hybridized carbons (Fsp3) is 0.611. The number of rotatable bonds is 6. The smallest absolute Gasteiger partial charge is 0.341 e. The number of hydrogen-bond donors (Lipinski definition) is 2. The first kappa shape index (κ1) is 20.1. The molecule has 0 saturated carbocycles. The molecule has 8 nitrogen and oxygen atoms in total. The maximum Gasteiger partial charge on any atom is 0.341 e. The fourth-order valence-electron chi connectivity index (χ4n) is 3.06. The largest absolute Gasteiger partial charge is 0.477 e. The molecule has 2 N–H and O–H groups in total. The van der Waals surface area contributed by atoms with Crippen LogP contribution in [0.2, 0.25) is 0 Å². The first-order chi connectivity index (χ1) is 12.1. The molecule has 1 aromatic heterocycles. The predicted octanol–water partition coefficient (Wildman–Crippen LogP) is 0.965. The van der Waals surface area contributed by atoms with Crippen LogP contribution in [-0.4, -0.2) is 64.8 Å². The number of nitrogens with zero attached hydrogens (tertiary/aromatic N) is 2. The molecule has 1 aromatic rings. The van der Waals surface area contributed by atoms with E-state index in [9.17, 15) is 19.5 Å². The Kier molecular flexibility index (Phi) is 6.20. The topological polar surface area (TPSA) is 101 Å². The third kappa shape index (κ3) is 4.13. The molecule has 2 heterocycles. The lowest BCUT2D eigenvalue weighted by Crippen LogP contribution is -2.45. The summed E-state index contributed by atoms with van der Waals surface area (Å²) in [6, 6.07) is -0.0479. The number of hydrogen-bond acceptors (Lipinski definition) is 5. The first-order valence-corrected chi connectivity index (χ1v) is 8.72. The lowest BCUT2D eigenvalue weighted by Gasteiger charge is -2.20. The number of likely N-dealkylation sites (tertiary alicyclic amines) is 1. The van der Waals surface area contributed by atoms with Crippen molar-refractivity contribution in [1.29, 1.82) is 0 Å². The van der Waals surface area contributed by atoms with Gasteiger partial charge in [-0.3, -0.25) is 14.5 Å². The molecule has 0 unspecified atom stereocenters. The molecule has 1 saturated heterocycles. The Bertz CT molecular complexity index is 741. The van der Waals surface area contributed by atoms with Crippen LogP contribution in [0.15, 0.2) is 17.2 Å². The second-order valence-corrected chi connectivity index (χ2v) is 7.16. The van der Waals surface area contributed by atoms with Gasteiger partial charge in [0.15, 0.2) is 0 Å². The van der Waals surface area contributed by atoms with Crippen LogP contribution in [0.25, 0.3) is 0 Å². The van der Waals surface area contributed by atoms with E-state index in [1.165, 1.54) is 12.4 Å². The SMILES string of the molecule is CO[C@@H]1CN(C(C)C)C[C@H]1NC(=O)c1cn(C(C)C)cc(C(=O)O)c1=O. The van der Waals surface area contributed by atoms with Gasteiger partial charge >= 0.3 is 5.97 Å². The van der Waals surface area contributed by atoms with Crippen molar-refractivity contribution < 1.29 is 19.4 Å². The van der Waals surface area contributed by atoms with Gasteiger partial charge in [0, 0.05) is 44.7 Å². The zero-order chi connectivity index (χ0) is 19.6. The average Bonchev–Trinajstić information content (AvgIpc) is 2.97. The van der Waals surface area contributed by atoms with E-state index in [-0.39, 0.29) is 23.8 Å². The van der Waals surface area contributed by atoms with E-state index in [0.717, 1.165) is 0 Å². The van der Waals surface area contributed by atoms with E-state index < -0.39 is 22.9 Å².